The quantitative estimate of drug-likeness (QED) is 0.609. The number of carbonyl (C=O) groups is 2. The molecular weight excluding hydrogens is 361 g/mol. The summed E-state index contributed by atoms with van der Waals surface area (Å²) in [5, 5.41) is 0. The summed E-state index contributed by atoms with van der Waals surface area (Å²) >= 11 is 0. The average molecular weight is 378 g/mol. The summed E-state index contributed by atoms with van der Waals surface area (Å²) in [5.74, 6) is -5.65. The molecule has 27 heavy (non-hydrogen) atoms. The fourth-order valence-corrected chi connectivity index (χ4v) is 3.04. The van der Waals surface area contributed by atoms with Crippen molar-refractivity contribution >= 4 is 17.6 Å². The Morgan fingerprint density at radius 3 is 2.22 bits per heavy atom. The van der Waals surface area contributed by atoms with E-state index in [1.807, 2.05) is 4.90 Å². The minimum atomic E-state index is -1.66. The van der Waals surface area contributed by atoms with E-state index < -0.39 is 34.9 Å². The highest BCUT2D eigenvalue weighted by molar-refractivity contribution is 5.96. The number of hydrogen-bond donors (Lipinski definition) is 0. The van der Waals surface area contributed by atoms with Crippen LogP contribution in [-0.4, -0.2) is 50.1 Å². The third kappa shape index (κ3) is 3.60. The van der Waals surface area contributed by atoms with E-state index in [2.05, 4.69) is 0 Å². The van der Waals surface area contributed by atoms with E-state index in [1.54, 1.807) is 24.3 Å². The molecule has 1 aliphatic rings. The van der Waals surface area contributed by atoms with Crippen LogP contribution in [0.25, 0.3) is 0 Å². The van der Waals surface area contributed by atoms with Gasteiger partial charge in [0, 0.05) is 26.2 Å². The SMILES string of the molecule is COC(=O)c1ccccc1N1CCN(C(=O)c2ccc(F)c(F)c2F)CC1. The van der Waals surface area contributed by atoms with Crippen molar-refractivity contribution in [2.24, 2.45) is 0 Å². The number of para-hydroxylation sites is 1. The van der Waals surface area contributed by atoms with E-state index in [4.69, 9.17) is 4.74 Å². The molecular formula is C19H17F3N2O3. The second-order valence-electron chi connectivity index (χ2n) is 6.01. The van der Waals surface area contributed by atoms with Crippen LogP contribution >= 0.6 is 0 Å². The molecule has 0 radical (unpaired) electrons. The molecule has 1 amide bonds. The van der Waals surface area contributed by atoms with Crippen LogP contribution in [0.15, 0.2) is 36.4 Å². The number of amides is 1. The molecule has 5 nitrogen and oxygen atoms in total. The van der Waals surface area contributed by atoms with Crippen LogP contribution in [0, 0.1) is 17.5 Å². The van der Waals surface area contributed by atoms with E-state index in [9.17, 15) is 22.8 Å². The number of methoxy groups -OCH3 is 1. The van der Waals surface area contributed by atoms with E-state index in [0.29, 0.717) is 24.3 Å². The van der Waals surface area contributed by atoms with Crippen molar-refractivity contribution < 1.29 is 27.5 Å². The standard InChI is InChI=1S/C19H17F3N2O3/c1-27-19(26)12-4-2-3-5-15(12)23-8-10-24(11-9-23)18(25)13-6-7-14(20)17(22)16(13)21/h2-7H,8-11H2,1H3. The minimum absolute atomic E-state index is 0.243. The molecule has 0 aromatic heterocycles. The van der Waals surface area contributed by atoms with Gasteiger partial charge in [0.15, 0.2) is 17.5 Å². The predicted octanol–water partition coefficient (Wildman–Crippen LogP) is 2.85. The van der Waals surface area contributed by atoms with Crippen molar-refractivity contribution in [1.82, 2.24) is 4.90 Å². The van der Waals surface area contributed by atoms with Gasteiger partial charge >= 0.3 is 5.97 Å². The van der Waals surface area contributed by atoms with E-state index in [0.717, 1.165) is 12.1 Å². The van der Waals surface area contributed by atoms with Gasteiger partial charge in [-0.3, -0.25) is 4.79 Å². The molecule has 0 N–H and O–H groups in total. The van der Waals surface area contributed by atoms with Gasteiger partial charge in [0.25, 0.3) is 5.91 Å². The Labute approximate surface area is 153 Å². The van der Waals surface area contributed by atoms with Crippen LogP contribution in [0.4, 0.5) is 18.9 Å². The van der Waals surface area contributed by atoms with E-state index in [-0.39, 0.29) is 13.1 Å². The Balaban J connectivity index is 1.74. The van der Waals surface area contributed by atoms with Gasteiger partial charge in [0.1, 0.15) is 0 Å². The number of benzene rings is 2. The average Bonchev–Trinajstić information content (AvgIpc) is 2.71. The molecule has 1 saturated heterocycles. The summed E-state index contributed by atoms with van der Waals surface area (Å²) in [6, 6.07) is 8.61. The predicted molar refractivity (Wildman–Crippen MR) is 92.2 cm³/mol. The fourth-order valence-electron chi connectivity index (χ4n) is 3.04. The molecule has 2 aromatic rings. The van der Waals surface area contributed by atoms with Crippen LogP contribution in [0.2, 0.25) is 0 Å². The smallest absolute Gasteiger partial charge is 0.339 e. The Bertz CT molecular complexity index is 880. The first-order chi connectivity index (χ1) is 12.9. The summed E-state index contributed by atoms with van der Waals surface area (Å²) < 4.78 is 45.1. The first-order valence-electron chi connectivity index (χ1n) is 8.29. The first-order valence-corrected chi connectivity index (χ1v) is 8.29. The molecule has 0 aliphatic carbocycles. The van der Waals surface area contributed by atoms with Crippen LogP contribution in [0.1, 0.15) is 20.7 Å². The van der Waals surface area contributed by atoms with Crippen LogP contribution in [0.3, 0.4) is 0 Å². The molecule has 0 spiro atoms. The highest BCUT2D eigenvalue weighted by Crippen LogP contribution is 2.24. The van der Waals surface area contributed by atoms with Crippen LogP contribution < -0.4 is 4.90 Å². The van der Waals surface area contributed by atoms with Crippen molar-refractivity contribution in [2.45, 2.75) is 0 Å². The summed E-state index contributed by atoms with van der Waals surface area (Å²) in [7, 11) is 1.30. The zero-order chi connectivity index (χ0) is 19.6. The minimum Gasteiger partial charge on any atom is -0.465 e. The maximum Gasteiger partial charge on any atom is 0.339 e. The summed E-state index contributed by atoms with van der Waals surface area (Å²) in [6.45, 7) is 1.27. The number of hydrogen-bond acceptors (Lipinski definition) is 4. The van der Waals surface area contributed by atoms with Gasteiger partial charge in [-0.15, -0.1) is 0 Å². The van der Waals surface area contributed by atoms with Crippen molar-refractivity contribution in [2.75, 3.05) is 38.2 Å². The molecule has 1 heterocycles. The maximum atomic E-state index is 13.9. The van der Waals surface area contributed by atoms with E-state index >= 15 is 0 Å². The summed E-state index contributed by atoms with van der Waals surface area (Å²) in [4.78, 5) is 27.6. The van der Waals surface area contributed by atoms with E-state index in [1.165, 1.54) is 12.0 Å². The highest BCUT2D eigenvalue weighted by atomic mass is 19.2. The third-order valence-corrected chi connectivity index (χ3v) is 4.48. The second kappa shape index (κ2) is 7.69. The molecule has 1 aliphatic heterocycles. The molecule has 0 atom stereocenters. The van der Waals surface area contributed by atoms with Crippen LogP contribution in [-0.2, 0) is 4.74 Å². The Morgan fingerprint density at radius 1 is 0.889 bits per heavy atom. The lowest BCUT2D eigenvalue weighted by molar-refractivity contribution is 0.0599. The van der Waals surface area contributed by atoms with Gasteiger partial charge in [-0.25, -0.2) is 18.0 Å². The maximum absolute atomic E-state index is 13.9. The lowest BCUT2D eigenvalue weighted by atomic mass is 10.1. The van der Waals surface area contributed by atoms with Crippen LogP contribution in [0.5, 0.6) is 0 Å². The molecule has 2 aromatic carbocycles. The number of rotatable bonds is 3. The summed E-state index contributed by atoms with van der Waals surface area (Å²) in [5.41, 5.74) is 0.583. The van der Waals surface area contributed by atoms with Crippen molar-refractivity contribution in [3.8, 4) is 0 Å². The molecule has 1 fully saturated rings. The molecule has 142 valence electrons. The number of carbonyl (C=O) groups excluding carboxylic acids is 2. The third-order valence-electron chi connectivity index (χ3n) is 4.48. The molecule has 0 saturated carbocycles. The number of halogens is 3. The Kier molecular flexibility index (Phi) is 5.34. The zero-order valence-electron chi connectivity index (χ0n) is 14.5. The zero-order valence-corrected chi connectivity index (χ0v) is 14.5. The lowest BCUT2D eigenvalue weighted by Crippen LogP contribution is -2.49. The molecule has 8 heteroatoms. The van der Waals surface area contributed by atoms with Crippen molar-refractivity contribution in [3.63, 3.8) is 0 Å². The summed E-state index contributed by atoms with van der Waals surface area (Å²) in [6.07, 6.45) is 0. The van der Waals surface area contributed by atoms with Crippen molar-refractivity contribution in [3.05, 3.63) is 65.0 Å². The number of nitrogens with zero attached hydrogens (tertiary/aromatic N) is 2. The topological polar surface area (TPSA) is 49.9 Å². The molecule has 0 bridgehead atoms. The van der Waals surface area contributed by atoms with Gasteiger partial charge in [-0.2, -0.15) is 0 Å². The van der Waals surface area contributed by atoms with Gasteiger partial charge < -0.3 is 14.5 Å². The fraction of sp³-hybridized carbons (Fsp3) is 0.263. The largest absolute Gasteiger partial charge is 0.465 e. The van der Waals surface area contributed by atoms with Gasteiger partial charge in [0.05, 0.1) is 23.9 Å². The lowest BCUT2D eigenvalue weighted by Gasteiger charge is -2.36. The molecule has 0 unspecified atom stereocenters. The second-order valence-corrected chi connectivity index (χ2v) is 6.01. The number of anilines is 1. The first kappa shape index (κ1) is 18.8. The van der Waals surface area contributed by atoms with Gasteiger partial charge in [-0.05, 0) is 24.3 Å². The number of ether oxygens (including phenoxy) is 1. The number of piperazine rings is 1. The van der Waals surface area contributed by atoms with Gasteiger partial charge in [0.2, 0.25) is 0 Å². The van der Waals surface area contributed by atoms with Gasteiger partial charge in [-0.1, -0.05) is 12.1 Å². The highest BCUT2D eigenvalue weighted by Gasteiger charge is 2.27. The number of esters is 1. The Hall–Kier alpha value is -3.03. The monoisotopic (exact) mass is 378 g/mol. The van der Waals surface area contributed by atoms with Crippen molar-refractivity contribution in [1.29, 1.82) is 0 Å². The Morgan fingerprint density at radius 2 is 1.56 bits per heavy atom. The molecule has 3 rings (SSSR count). The normalized spacial score (nSPS) is 14.2.